The van der Waals surface area contributed by atoms with Crippen LogP contribution in [0.25, 0.3) is 11.0 Å². The van der Waals surface area contributed by atoms with Crippen LogP contribution in [0.3, 0.4) is 0 Å². The number of carbonyl (C=O) groups is 1. The normalized spacial score (nSPS) is 10.9. The van der Waals surface area contributed by atoms with E-state index in [0.29, 0.717) is 24.4 Å². The molecule has 0 aliphatic rings. The minimum absolute atomic E-state index is 0.231. The molecule has 0 bridgehead atoms. The van der Waals surface area contributed by atoms with Gasteiger partial charge in [-0.1, -0.05) is 5.16 Å². The summed E-state index contributed by atoms with van der Waals surface area (Å²) in [6, 6.07) is 4.87. The summed E-state index contributed by atoms with van der Waals surface area (Å²) in [5.41, 5.74) is 1.77. The van der Waals surface area contributed by atoms with E-state index in [9.17, 15) is 4.79 Å². The number of hydrogen-bond donors (Lipinski definition) is 1. The van der Waals surface area contributed by atoms with Crippen LogP contribution in [0.2, 0.25) is 0 Å². The number of hydrogen-bond acceptors (Lipinski definition) is 5. The molecule has 1 N–H and O–H groups in total. The predicted octanol–water partition coefficient (Wildman–Crippen LogP) is 1.36. The molecule has 2 heterocycles. The van der Waals surface area contributed by atoms with Crippen LogP contribution < -0.4 is 0 Å². The molecule has 0 radical (unpaired) electrons. The quantitative estimate of drug-likeness (QED) is 0.759. The van der Waals surface area contributed by atoms with Crippen LogP contribution in [-0.2, 0) is 13.0 Å². The summed E-state index contributed by atoms with van der Waals surface area (Å²) in [5, 5.41) is 12.5. The Kier molecular flexibility index (Phi) is 2.71. The maximum atomic E-state index is 10.9. The minimum Gasteiger partial charge on any atom is -0.478 e. The van der Waals surface area contributed by atoms with Crippen molar-refractivity contribution in [1.82, 2.24) is 19.7 Å². The Bertz CT molecular complexity index is 718. The fourth-order valence-electron chi connectivity index (χ4n) is 1.90. The molecule has 0 saturated heterocycles. The van der Waals surface area contributed by atoms with Gasteiger partial charge in [-0.25, -0.2) is 9.78 Å². The summed E-state index contributed by atoms with van der Waals surface area (Å²) in [5.74, 6) is -0.397. The van der Waals surface area contributed by atoms with Crippen molar-refractivity contribution >= 4 is 17.0 Å². The number of imidazole rings is 1. The third kappa shape index (κ3) is 2.17. The lowest BCUT2D eigenvalue weighted by molar-refractivity contribution is 0.0697. The highest BCUT2D eigenvalue weighted by atomic mass is 16.5. The van der Waals surface area contributed by atoms with E-state index in [1.54, 1.807) is 24.5 Å². The second-order valence-electron chi connectivity index (χ2n) is 4.03. The number of aromatic nitrogens is 4. The molecular formula is C12H10N4O3. The first-order chi connectivity index (χ1) is 9.24. The van der Waals surface area contributed by atoms with Gasteiger partial charge in [-0.2, -0.15) is 4.98 Å². The van der Waals surface area contributed by atoms with Gasteiger partial charge >= 0.3 is 5.97 Å². The summed E-state index contributed by atoms with van der Waals surface area (Å²) in [6.07, 6.45) is 3.64. The van der Waals surface area contributed by atoms with Crippen LogP contribution in [0.15, 0.2) is 35.4 Å². The molecule has 2 aromatic heterocycles. The summed E-state index contributed by atoms with van der Waals surface area (Å²) in [7, 11) is 0. The van der Waals surface area contributed by atoms with E-state index in [1.807, 2.05) is 4.57 Å². The van der Waals surface area contributed by atoms with Crippen LogP contribution >= 0.6 is 0 Å². The Morgan fingerprint density at radius 1 is 1.37 bits per heavy atom. The van der Waals surface area contributed by atoms with Gasteiger partial charge in [-0.15, -0.1) is 0 Å². The fraction of sp³-hybridized carbons (Fsp3) is 0.167. The number of aryl methyl sites for hydroxylation is 2. The second-order valence-corrected chi connectivity index (χ2v) is 4.03. The Labute approximate surface area is 107 Å². The van der Waals surface area contributed by atoms with Gasteiger partial charge < -0.3 is 14.2 Å². The van der Waals surface area contributed by atoms with E-state index < -0.39 is 5.97 Å². The molecule has 3 rings (SSSR count). The van der Waals surface area contributed by atoms with Gasteiger partial charge in [0, 0.05) is 13.0 Å². The van der Waals surface area contributed by atoms with Crippen LogP contribution in [0, 0.1) is 0 Å². The molecule has 0 spiro atoms. The lowest BCUT2D eigenvalue weighted by Gasteiger charge is -2.01. The second kappa shape index (κ2) is 4.52. The Balaban J connectivity index is 1.86. The van der Waals surface area contributed by atoms with Gasteiger partial charge in [0.2, 0.25) is 5.89 Å². The zero-order valence-corrected chi connectivity index (χ0v) is 9.85. The smallest absolute Gasteiger partial charge is 0.335 e. The highest BCUT2D eigenvalue weighted by molar-refractivity contribution is 5.92. The van der Waals surface area contributed by atoms with Crippen LogP contribution in [0.1, 0.15) is 16.2 Å². The SMILES string of the molecule is O=C(O)c1ccc2c(c1)ncn2CCc1ncno1. The zero-order valence-electron chi connectivity index (χ0n) is 9.85. The van der Waals surface area contributed by atoms with Crippen molar-refractivity contribution in [3.05, 3.63) is 42.3 Å². The third-order valence-electron chi connectivity index (χ3n) is 2.84. The Hall–Kier alpha value is -2.70. The Morgan fingerprint density at radius 3 is 3.00 bits per heavy atom. The lowest BCUT2D eigenvalue weighted by atomic mass is 10.2. The van der Waals surface area contributed by atoms with Crippen molar-refractivity contribution < 1.29 is 14.4 Å². The van der Waals surface area contributed by atoms with Crippen molar-refractivity contribution in [1.29, 1.82) is 0 Å². The third-order valence-corrected chi connectivity index (χ3v) is 2.84. The molecule has 0 fully saturated rings. The molecule has 0 amide bonds. The van der Waals surface area contributed by atoms with E-state index in [4.69, 9.17) is 9.63 Å². The molecule has 7 heteroatoms. The van der Waals surface area contributed by atoms with Gasteiger partial charge in [0.25, 0.3) is 0 Å². The number of aromatic carboxylic acids is 1. The van der Waals surface area contributed by atoms with E-state index in [0.717, 1.165) is 5.52 Å². The van der Waals surface area contributed by atoms with Gasteiger partial charge in [-0.05, 0) is 18.2 Å². The van der Waals surface area contributed by atoms with Gasteiger partial charge in [0.15, 0.2) is 6.33 Å². The van der Waals surface area contributed by atoms with Crippen molar-refractivity contribution in [3.63, 3.8) is 0 Å². The molecule has 1 aromatic carbocycles. The largest absolute Gasteiger partial charge is 0.478 e. The number of rotatable bonds is 4. The molecule has 0 aliphatic carbocycles. The standard InChI is InChI=1S/C12H10N4O3/c17-12(18)8-1-2-10-9(5-8)14-7-16(10)4-3-11-13-6-15-19-11/h1-2,5-7H,3-4H2,(H,17,18). The molecule has 96 valence electrons. The van der Waals surface area contributed by atoms with Crippen LogP contribution in [0.4, 0.5) is 0 Å². The zero-order chi connectivity index (χ0) is 13.2. The highest BCUT2D eigenvalue weighted by Gasteiger charge is 2.08. The van der Waals surface area contributed by atoms with E-state index in [2.05, 4.69) is 15.1 Å². The topological polar surface area (TPSA) is 94.0 Å². The molecular weight excluding hydrogens is 248 g/mol. The van der Waals surface area contributed by atoms with Crippen LogP contribution in [0.5, 0.6) is 0 Å². The number of fused-ring (bicyclic) bond motifs is 1. The fourth-order valence-corrected chi connectivity index (χ4v) is 1.90. The van der Waals surface area contributed by atoms with Crippen molar-refractivity contribution in [2.45, 2.75) is 13.0 Å². The first-order valence-electron chi connectivity index (χ1n) is 5.68. The molecule has 19 heavy (non-hydrogen) atoms. The molecule has 0 aliphatic heterocycles. The number of benzene rings is 1. The molecule has 3 aromatic rings. The average molecular weight is 258 g/mol. The maximum absolute atomic E-state index is 10.9. The van der Waals surface area contributed by atoms with Crippen molar-refractivity contribution in [2.75, 3.05) is 0 Å². The van der Waals surface area contributed by atoms with Gasteiger partial charge in [0.05, 0.1) is 22.9 Å². The molecule has 0 saturated carbocycles. The average Bonchev–Trinajstić information content (AvgIpc) is 3.05. The van der Waals surface area contributed by atoms with E-state index in [1.165, 1.54) is 6.33 Å². The van der Waals surface area contributed by atoms with Crippen molar-refractivity contribution in [3.8, 4) is 0 Å². The molecule has 7 nitrogen and oxygen atoms in total. The first kappa shape index (κ1) is 11.4. The number of carboxylic acid groups (broad SMARTS) is 1. The summed E-state index contributed by atoms with van der Waals surface area (Å²) >= 11 is 0. The lowest BCUT2D eigenvalue weighted by Crippen LogP contribution is -2.00. The highest BCUT2D eigenvalue weighted by Crippen LogP contribution is 2.15. The van der Waals surface area contributed by atoms with Crippen molar-refractivity contribution in [2.24, 2.45) is 0 Å². The Morgan fingerprint density at radius 2 is 2.26 bits per heavy atom. The van der Waals surface area contributed by atoms with Gasteiger partial charge in [0.1, 0.15) is 0 Å². The minimum atomic E-state index is -0.956. The number of nitrogens with zero attached hydrogens (tertiary/aromatic N) is 4. The van der Waals surface area contributed by atoms with Crippen LogP contribution in [-0.4, -0.2) is 30.8 Å². The van der Waals surface area contributed by atoms with E-state index in [-0.39, 0.29) is 5.56 Å². The first-order valence-corrected chi connectivity index (χ1v) is 5.68. The summed E-state index contributed by atoms with van der Waals surface area (Å²) in [6.45, 7) is 0.644. The van der Waals surface area contributed by atoms with Gasteiger partial charge in [-0.3, -0.25) is 0 Å². The molecule has 0 atom stereocenters. The number of carboxylic acids is 1. The molecule has 0 unspecified atom stereocenters. The monoisotopic (exact) mass is 258 g/mol. The van der Waals surface area contributed by atoms with E-state index >= 15 is 0 Å². The summed E-state index contributed by atoms with van der Waals surface area (Å²) < 4.78 is 6.84. The maximum Gasteiger partial charge on any atom is 0.335 e. The predicted molar refractivity (Wildman–Crippen MR) is 64.7 cm³/mol. The summed E-state index contributed by atoms with van der Waals surface area (Å²) in [4.78, 5) is 19.0.